The number of hydrogen-bond acceptors (Lipinski definition) is 3. The molecule has 0 aliphatic rings. The maximum Gasteiger partial charge on any atom is 0.0543 e. The molecule has 1 aromatic heterocycles. The van der Waals surface area contributed by atoms with Gasteiger partial charge in [0.25, 0.3) is 0 Å². The van der Waals surface area contributed by atoms with Crippen LogP contribution in [0.3, 0.4) is 0 Å². The van der Waals surface area contributed by atoms with Gasteiger partial charge in [-0.25, -0.2) is 0 Å². The third-order valence-electron chi connectivity index (χ3n) is 3.13. The van der Waals surface area contributed by atoms with E-state index in [0.29, 0.717) is 5.92 Å². The third kappa shape index (κ3) is 5.80. The van der Waals surface area contributed by atoms with E-state index in [2.05, 4.69) is 29.8 Å². The van der Waals surface area contributed by atoms with Crippen LogP contribution in [0.15, 0.2) is 24.4 Å². The summed E-state index contributed by atoms with van der Waals surface area (Å²) < 4.78 is 0. The van der Waals surface area contributed by atoms with Crippen LogP contribution in [0.5, 0.6) is 0 Å². The molecule has 0 aliphatic heterocycles. The first-order chi connectivity index (χ1) is 8.26. The second-order valence-electron chi connectivity index (χ2n) is 4.67. The van der Waals surface area contributed by atoms with Gasteiger partial charge in [0.2, 0.25) is 0 Å². The second-order valence-corrected chi connectivity index (χ2v) is 4.67. The second kappa shape index (κ2) is 8.20. The highest BCUT2D eigenvalue weighted by atomic mass is 15.1. The topological polar surface area (TPSA) is 42.1 Å². The lowest BCUT2D eigenvalue weighted by atomic mass is 10.1. The Morgan fingerprint density at radius 2 is 2.24 bits per heavy atom. The zero-order valence-electron chi connectivity index (χ0n) is 11.1. The van der Waals surface area contributed by atoms with E-state index in [1.807, 2.05) is 18.3 Å². The Balaban J connectivity index is 2.29. The Bertz CT molecular complexity index is 287. The van der Waals surface area contributed by atoms with Crippen molar-refractivity contribution >= 4 is 0 Å². The summed E-state index contributed by atoms with van der Waals surface area (Å²) >= 11 is 0. The van der Waals surface area contributed by atoms with Crippen LogP contribution in [0.4, 0.5) is 0 Å². The van der Waals surface area contributed by atoms with Crippen molar-refractivity contribution in [2.24, 2.45) is 11.7 Å². The van der Waals surface area contributed by atoms with Gasteiger partial charge in [0.05, 0.1) is 5.69 Å². The van der Waals surface area contributed by atoms with Gasteiger partial charge in [-0.3, -0.25) is 9.88 Å². The maximum atomic E-state index is 5.62. The zero-order valence-corrected chi connectivity index (χ0v) is 11.1. The van der Waals surface area contributed by atoms with Crippen LogP contribution in [-0.4, -0.2) is 29.5 Å². The van der Waals surface area contributed by atoms with Crippen molar-refractivity contribution in [3.63, 3.8) is 0 Å². The van der Waals surface area contributed by atoms with Gasteiger partial charge < -0.3 is 5.73 Å². The predicted molar refractivity (Wildman–Crippen MR) is 72.6 cm³/mol. The molecule has 0 aromatic carbocycles. The van der Waals surface area contributed by atoms with E-state index in [9.17, 15) is 0 Å². The van der Waals surface area contributed by atoms with Crippen molar-refractivity contribution in [1.82, 2.24) is 9.88 Å². The Hall–Kier alpha value is -0.930. The summed E-state index contributed by atoms with van der Waals surface area (Å²) in [5.41, 5.74) is 6.78. The lowest BCUT2D eigenvalue weighted by Gasteiger charge is -2.20. The quantitative estimate of drug-likeness (QED) is 0.751. The first-order valence-corrected chi connectivity index (χ1v) is 6.58. The van der Waals surface area contributed by atoms with E-state index in [-0.39, 0.29) is 0 Å². The molecule has 2 N–H and O–H groups in total. The summed E-state index contributed by atoms with van der Waals surface area (Å²) in [6.07, 6.45) is 4.30. The molecule has 0 radical (unpaired) electrons. The van der Waals surface area contributed by atoms with Gasteiger partial charge in [-0.2, -0.15) is 0 Å². The molecule has 0 aliphatic carbocycles. The molecule has 0 saturated carbocycles. The average Bonchev–Trinajstić information content (AvgIpc) is 2.38. The van der Waals surface area contributed by atoms with Crippen LogP contribution >= 0.6 is 0 Å². The monoisotopic (exact) mass is 235 g/mol. The number of nitrogens with zero attached hydrogens (tertiary/aromatic N) is 2. The Kier molecular flexibility index (Phi) is 6.82. The van der Waals surface area contributed by atoms with Crippen molar-refractivity contribution < 1.29 is 0 Å². The number of pyridine rings is 1. The summed E-state index contributed by atoms with van der Waals surface area (Å²) in [5.74, 6) is 0.642. The molecule has 3 nitrogen and oxygen atoms in total. The molecule has 1 rings (SSSR count). The molecule has 0 saturated heterocycles. The first kappa shape index (κ1) is 14.1. The molecular weight excluding hydrogens is 210 g/mol. The summed E-state index contributed by atoms with van der Waals surface area (Å²) in [7, 11) is 0. The summed E-state index contributed by atoms with van der Waals surface area (Å²) in [5, 5.41) is 0. The highest BCUT2D eigenvalue weighted by Gasteiger charge is 2.05. The standard InChI is InChI=1S/C14H25N3/c1-3-17(10-6-7-13(2)11-15)12-14-8-4-5-9-16-14/h4-5,8-9,13H,3,6-7,10-12,15H2,1-2H3. The van der Waals surface area contributed by atoms with Gasteiger partial charge in [0.1, 0.15) is 0 Å². The summed E-state index contributed by atoms with van der Waals surface area (Å²) in [4.78, 5) is 6.80. The Morgan fingerprint density at radius 1 is 1.41 bits per heavy atom. The van der Waals surface area contributed by atoms with Gasteiger partial charge in [-0.05, 0) is 50.5 Å². The molecule has 0 fully saturated rings. The molecule has 0 amide bonds. The molecule has 1 unspecified atom stereocenters. The van der Waals surface area contributed by atoms with Gasteiger partial charge in [-0.15, -0.1) is 0 Å². The minimum atomic E-state index is 0.642. The molecule has 0 spiro atoms. The molecule has 0 bridgehead atoms. The van der Waals surface area contributed by atoms with Crippen LogP contribution in [-0.2, 0) is 6.54 Å². The molecular formula is C14H25N3. The Labute approximate surface area is 105 Å². The molecule has 17 heavy (non-hydrogen) atoms. The van der Waals surface area contributed by atoms with Crippen molar-refractivity contribution in [1.29, 1.82) is 0 Å². The molecule has 96 valence electrons. The fourth-order valence-electron chi connectivity index (χ4n) is 1.85. The van der Waals surface area contributed by atoms with Crippen molar-refractivity contribution in [3.05, 3.63) is 30.1 Å². The van der Waals surface area contributed by atoms with E-state index < -0.39 is 0 Å². The average molecular weight is 235 g/mol. The van der Waals surface area contributed by atoms with Gasteiger partial charge >= 0.3 is 0 Å². The van der Waals surface area contributed by atoms with Crippen LogP contribution < -0.4 is 5.73 Å². The number of rotatable bonds is 8. The third-order valence-corrected chi connectivity index (χ3v) is 3.13. The first-order valence-electron chi connectivity index (χ1n) is 6.58. The number of hydrogen-bond donors (Lipinski definition) is 1. The summed E-state index contributed by atoms with van der Waals surface area (Å²) in [6.45, 7) is 8.38. The van der Waals surface area contributed by atoms with Crippen molar-refractivity contribution in [3.8, 4) is 0 Å². The highest BCUT2D eigenvalue weighted by molar-refractivity contribution is 5.03. The van der Waals surface area contributed by atoms with Crippen LogP contribution in [0.25, 0.3) is 0 Å². The van der Waals surface area contributed by atoms with Gasteiger partial charge in [0, 0.05) is 12.7 Å². The fraction of sp³-hybridized carbons (Fsp3) is 0.643. The lowest BCUT2D eigenvalue weighted by molar-refractivity contribution is 0.264. The predicted octanol–water partition coefficient (Wildman–Crippen LogP) is 2.28. The normalized spacial score (nSPS) is 12.9. The van der Waals surface area contributed by atoms with E-state index >= 15 is 0 Å². The smallest absolute Gasteiger partial charge is 0.0543 e. The largest absolute Gasteiger partial charge is 0.330 e. The minimum absolute atomic E-state index is 0.642. The van der Waals surface area contributed by atoms with E-state index in [4.69, 9.17) is 5.73 Å². The molecule has 1 atom stereocenters. The van der Waals surface area contributed by atoms with E-state index in [0.717, 1.165) is 31.9 Å². The van der Waals surface area contributed by atoms with Crippen LogP contribution in [0.1, 0.15) is 32.4 Å². The lowest BCUT2D eigenvalue weighted by Crippen LogP contribution is -2.25. The zero-order chi connectivity index (χ0) is 12.5. The minimum Gasteiger partial charge on any atom is -0.330 e. The van der Waals surface area contributed by atoms with Crippen molar-refractivity contribution in [2.75, 3.05) is 19.6 Å². The molecule has 1 aromatic rings. The van der Waals surface area contributed by atoms with E-state index in [1.54, 1.807) is 0 Å². The van der Waals surface area contributed by atoms with Crippen LogP contribution in [0.2, 0.25) is 0 Å². The summed E-state index contributed by atoms with van der Waals surface area (Å²) in [6, 6.07) is 6.10. The van der Waals surface area contributed by atoms with Crippen LogP contribution in [0, 0.1) is 5.92 Å². The van der Waals surface area contributed by atoms with E-state index in [1.165, 1.54) is 12.8 Å². The van der Waals surface area contributed by atoms with Crippen molar-refractivity contribution in [2.45, 2.75) is 33.2 Å². The SMILES string of the molecule is CCN(CCCC(C)CN)Cc1ccccn1. The maximum absolute atomic E-state index is 5.62. The molecule has 3 heteroatoms. The highest BCUT2D eigenvalue weighted by Crippen LogP contribution is 2.07. The fourth-order valence-corrected chi connectivity index (χ4v) is 1.85. The number of nitrogens with two attached hydrogens (primary N) is 1. The van der Waals surface area contributed by atoms with Gasteiger partial charge in [-0.1, -0.05) is 19.9 Å². The molecule has 1 heterocycles. The van der Waals surface area contributed by atoms with Gasteiger partial charge in [0.15, 0.2) is 0 Å². The number of aromatic nitrogens is 1. The Morgan fingerprint density at radius 3 is 2.82 bits per heavy atom.